The molecule has 0 aromatic carbocycles. The van der Waals surface area contributed by atoms with Crippen molar-refractivity contribution in [2.75, 3.05) is 5.32 Å². The van der Waals surface area contributed by atoms with Crippen molar-refractivity contribution in [3.8, 4) is 0 Å². The summed E-state index contributed by atoms with van der Waals surface area (Å²) in [5.74, 6) is 0.396. The van der Waals surface area contributed by atoms with Gasteiger partial charge in [0.05, 0.1) is 5.69 Å². The molecule has 1 aliphatic rings. The van der Waals surface area contributed by atoms with Gasteiger partial charge in [0, 0.05) is 22.1 Å². The summed E-state index contributed by atoms with van der Waals surface area (Å²) in [5, 5.41) is 7.01. The maximum Gasteiger partial charge on any atom is 0.225 e. The van der Waals surface area contributed by atoms with Gasteiger partial charge in [-0.3, -0.25) is 4.79 Å². The van der Waals surface area contributed by atoms with Crippen LogP contribution in [0.4, 0.5) is 5.69 Å². The molecule has 3 heterocycles. The van der Waals surface area contributed by atoms with Crippen LogP contribution in [0.1, 0.15) is 22.1 Å². The van der Waals surface area contributed by atoms with Crippen LogP contribution < -0.4 is 5.32 Å². The van der Waals surface area contributed by atoms with Crippen molar-refractivity contribution in [3.63, 3.8) is 0 Å². The molecule has 0 aliphatic carbocycles. The first-order valence-electron chi connectivity index (χ1n) is 4.75. The predicted octanol–water partition coefficient (Wildman–Crippen LogP) is 3.28. The molecule has 2 nitrogen and oxygen atoms in total. The molecule has 1 aliphatic heterocycles. The number of thiophene rings is 2. The molecular formula is C11H9NOS2. The Morgan fingerprint density at radius 3 is 3.00 bits per heavy atom. The summed E-state index contributed by atoms with van der Waals surface area (Å²) >= 11 is 3.45. The summed E-state index contributed by atoms with van der Waals surface area (Å²) in [5.41, 5.74) is 0.995. The van der Waals surface area contributed by atoms with Gasteiger partial charge < -0.3 is 5.32 Å². The quantitative estimate of drug-likeness (QED) is 0.807. The molecular weight excluding hydrogens is 226 g/mol. The Hall–Kier alpha value is -1.13. The standard InChI is InChI=1S/C11H9NOS2/c13-10-6-7(9-2-1-4-14-9)11-8(12-10)3-5-15-11/h1-5,7H,6H2,(H,12,13)/t7-/m1/s1. The Balaban J connectivity index is 2.08. The highest BCUT2D eigenvalue weighted by Gasteiger charge is 2.27. The molecule has 1 atom stereocenters. The summed E-state index contributed by atoms with van der Waals surface area (Å²) in [6.07, 6.45) is 0.577. The van der Waals surface area contributed by atoms with Crippen LogP contribution in [-0.2, 0) is 4.79 Å². The van der Waals surface area contributed by atoms with Crippen LogP contribution in [0.3, 0.4) is 0 Å². The van der Waals surface area contributed by atoms with Crippen LogP contribution in [0.2, 0.25) is 0 Å². The van der Waals surface area contributed by atoms with E-state index in [1.54, 1.807) is 22.7 Å². The van der Waals surface area contributed by atoms with Crippen LogP contribution in [0.25, 0.3) is 0 Å². The first-order valence-corrected chi connectivity index (χ1v) is 6.51. The topological polar surface area (TPSA) is 29.1 Å². The third-order valence-electron chi connectivity index (χ3n) is 2.56. The van der Waals surface area contributed by atoms with Crippen molar-refractivity contribution < 1.29 is 4.79 Å². The zero-order valence-electron chi connectivity index (χ0n) is 7.90. The van der Waals surface area contributed by atoms with Crippen molar-refractivity contribution in [3.05, 3.63) is 38.7 Å². The van der Waals surface area contributed by atoms with Crippen LogP contribution >= 0.6 is 22.7 Å². The van der Waals surface area contributed by atoms with Crippen LogP contribution in [0.15, 0.2) is 29.0 Å². The van der Waals surface area contributed by atoms with Gasteiger partial charge in [-0.1, -0.05) is 6.07 Å². The lowest BCUT2D eigenvalue weighted by Gasteiger charge is -2.21. The number of carbonyl (C=O) groups is 1. The van der Waals surface area contributed by atoms with Crippen molar-refractivity contribution in [2.45, 2.75) is 12.3 Å². The van der Waals surface area contributed by atoms with Crippen molar-refractivity contribution >= 4 is 34.3 Å². The highest BCUT2D eigenvalue weighted by Crippen LogP contribution is 2.41. The van der Waals surface area contributed by atoms with E-state index in [9.17, 15) is 4.79 Å². The normalized spacial score (nSPS) is 19.7. The lowest BCUT2D eigenvalue weighted by molar-refractivity contribution is -0.116. The van der Waals surface area contributed by atoms with Crippen LogP contribution in [0.5, 0.6) is 0 Å². The van der Waals surface area contributed by atoms with E-state index in [0.717, 1.165) is 5.69 Å². The molecule has 0 unspecified atom stereocenters. The van der Waals surface area contributed by atoms with Crippen molar-refractivity contribution in [1.29, 1.82) is 0 Å². The molecule has 15 heavy (non-hydrogen) atoms. The van der Waals surface area contributed by atoms with E-state index in [1.807, 2.05) is 17.5 Å². The molecule has 2 aromatic rings. The monoisotopic (exact) mass is 235 g/mol. The maximum absolute atomic E-state index is 11.5. The van der Waals surface area contributed by atoms with Crippen LogP contribution in [0, 0.1) is 0 Å². The second-order valence-electron chi connectivity index (χ2n) is 3.52. The fourth-order valence-electron chi connectivity index (χ4n) is 1.89. The number of hydrogen-bond acceptors (Lipinski definition) is 3. The molecule has 0 saturated carbocycles. The molecule has 0 saturated heterocycles. The van der Waals surface area contributed by atoms with Crippen LogP contribution in [-0.4, -0.2) is 5.91 Å². The molecule has 3 rings (SSSR count). The van der Waals surface area contributed by atoms with E-state index in [2.05, 4.69) is 16.8 Å². The minimum Gasteiger partial charge on any atom is -0.325 e. The zero-order valence-corrected chi connectivity index (χ0v) is 9.53. The van der Waals surface area contributed by atoms with Gasteiger partial charge in [-0.15, -0.1) is 22.7 Å². The third-order valence-corrected chi connectivity index (χ3v) is 4.58. The number of nitrogens with one attached hydrogen (secondary N) is 1. The Morgan fingerprint density at radius 1 is 1.27 bits per heavy atom. The van der Waals surface area contributed by atoms with Gasteiger partial charge in [0.1, 0.15) is 0 Å². The summed E-state index contributed by atoms with van der Waals surface area (Å²) in [4.78, 5) is 14.1. The molecule has 4 heteroatoms. The van der Waals surface area contributed by atoms with E-state index in [-0.39, 0.29) is 11.8 Å². The minimum atomic E-state index is 0.124. The lowest BCUT2D eigenvalue weighted by atomic mass is 9.97. The van der Waals surface area contributed by atoms with Crippen molar-refractivity contribution in [1.82, 2.24) is 0 Å². The summed E-state index contributed by atoms with van der Waals surface area (Å²) in [7, 11) is 0. The van der Waals surface area contributed by atoms with Gasteiger partial charge >= 0.3 is 0 Å². The highest BCUT2D eigenvalue weighted by atomic mass is 32.1. The van der Waals surface area contributed by atoms with Gasteiger partial charge in [0.2, 0.25) is 5.91 Å². The molecule has 0 bridgehead atoms. The second kappa shape index (κ2) is 3.47. The molecule has 0 radical (unpaired) electrons. The fourth-order valence-corrected chi connectivity index (χ4v) is 3.78. The largest absolute Gasteiger partial charge is 0.325 e. The average Bonchev–Trinajstić information content (AvgIpc) is 2.86. The number of fused-ring (bicyclic) bond motifs is 1. The number of carbonyl (C=O) groups excluding carboxylic acids is 1. The Kier molecular flexibility index (Phi) is 2.11. The van der Waals surface area contributed by atoms with Gasteiger partial charge in [0.15, 0.2) is 0 Å². The van der Waals surface area contributed by atoms with E-state index < -0.39 is 0 Å². The smallest absolute Gasteiger partial charge is 0.225 e. The van der Waals surface area contributed by atoms with E-state index in [0.29, 0.717) is 6.42 Å². The zero-order chi connectivity index (χ0) is 10.3. The molecule has 0 fully saturated rings. The Morgan fingerprint density at radius 2 is 2.20 bits per heavy atom. The van der Waals surface area contributed by atoms with E-state index in [4.69, 9.17) is 0 Å². The fraction of sp³-hybridized carbons (Fsp3) is 0.182. The summed E-state index contributed by atoms with van der Waals surface area (Å²) in [6.45, 7) is 0. The maximum atomic E-state index is 11.5. The predicted molar refractivity (Wildman–Crippen MR) is 63.7 cm³/mol. The molecule has 1 N–H and O–H groups in total. The van der Waals surface area contributed by atoms with Gasteiger partial charge in [-0.05, 0) is 22.9 Å². The molecule has 2 aromatic heterocycles. The highest BCUT2D eigenvalue weighted by molar-refractivity contribution is 7.12. The van der Waals surface area contributed by atoms with Crippen molar-refractivity contribution in [2.24, 2.45) is 0 Å². The SMILES string of the molecule is O=C1C[C@H](c2cccs2)c2sccc2N1. The lowest BCUT2D eigenvalue weighted by Crippen LogP contribution is -2.21. The first kappa shape index (κ1) is 9.12. The molecule has 76 valence electrons. The average molecular weight is 235 g/mol. The van der Waals surface area contributed by atoms with Gasteiger partial charge in [-0.2, -0.15) is 0 Å². The number of rotatable bonds is 1. The minimum absolute atomic E-state index is 0.124. The summed E-state index contributed by atoms with van der Waals surface area (Å²) < 4.78 is 0. The Labute approximate surface area is 95.6 Å². The Bertz CT molecular complexity index is 486. The number of anilines is 1. The van der Waals surface area contributed by atoms with E-state index >= 15 is 0 Å². The second-order valence-corrected chi connectivity index (χ2v) is 5.45. The van der Waals surface area contributed by atoms with Gasteiger partial charge in [0.25, 0.3) is 0 Å². The molecule has 1 amide bonds. The first-order chi connectivity index (χ1) is 7.34. The molecule has 0 spiro atoms. The number of hydrogen-bond donors (Lipinski definition) is 1. The van der Waals surface area contributed by atoms with E-state index in [1.165, 1.54) is 9.75 Å². The number of amides is 1. The van der Waals surface area contributed by atoms with Gasteiger partial charge in [-0.25, -0.2) is 0 Å². The third kappa shape index (κ3) is 1.50. The summed E-state index contributed by atoms with van der Waals surface area (Å²) in [6, 6.07) is 6.13.